The number of fused-ring (bicyclic) bond motifs is 1. The van der Waals surface area contributed by atoms with Crippen LogP contribution in [0.25, 0.3) is 0 Å². The van der Waals surface area contributed by atoms with Gasteiger partial charge in [-0.15, -0.1) is 0 Å². The second kappa shape index (κ2) is 2.66. The summed E-state index contributed by atoms with van der Waals surface area (Å²) in [5, 5.41) is 0. The lowest BCUT2D eigenvalue weighted by atomic mass is 10.2. The van der Waals surface area contributed by atoms with Crippen LogP contribution in [-0.4, -0.2) is 49.2 Å². The van der Waals surface area contributed by atoms with Crippen molar-refractivity contribution in [2.75, 3.05) is 33.2 Å². The van der Waals surface area contributed by atoms with Crippen molar-refractivity contribution < 1.29 is 0 Å². The van der Waals surface area contributed by atoms with Gasteiger partial charge < -0.3 is 4.90 Å². The van der Waals surface area contributed by atoms with E-state index in [1.165, 1.54) is 12.2 Å². The van der Waals surface area contributed by atoms with Gasteiger partial charge in [0.2, 0.25) is 0 Å². The molecular formula is C8H13N3. The maximum atomic E-state index is 4.14. The zero-order valence-electron chi connectivity index (χ0n) is 6.82. The summed E-state index contributed by atoms with van der Waals surface area (Å²) in [7, 11) is 2.15. The van der Waals surface area contributed by atoms with Gasteiger partial charge in [0.1, 0.15) is 0 Å². The molecule has 0 saturated carbocycles. The van der Waals surface area contributed by atoms with E-state index in [0.29, 0.717) is 0 Å². The first-order valence-corrected chi connectivity index (χ1v) is 4.00. The molecule has 0 spiro atoms. The van der Waals surface area contributed by atoms with Crippen LogP contribution in [-0.2, 0) is 0 Å². The molecule has 1 fully saturated rings. The average molecular weight is 151 g/mol. The van der Waals surface area contributed by atoms with Crippen LogP contribution in [0.15, 0.2) is 16.9 Å². The van der Waals surface area contributed by atoms with Crippen LogP contribution in [0.3, 0.4) is 0 Å². The molecule has 2 aliphatic rings. The minimum atomic E-state index is 1.000. The molecule has 2 heterocycles. The van der Waals surface area contributed by atoms with Crippen molar-refractivity contribution in [1.29, 1.82) is 0 Å². The quantitative estimate of drug-likeness (QED) is 0.491. The summed E-state index contributed by atoms with van der Waals surface area (Å²) in [5.41, 5.74) is 1.36. The molecule has 0 atom stereocenters. The average Bonchev–Trinajstić information content (AvgIpc) is 2.04. The van der Waals surface area contributed by atoms with Gasteiger partial charge >= 0.3 is 0 Å². The van der Waals surface area contributed by atoms with E-state index < -0.39 is 0 Å². The third-order valence-electron chi connectivity index (χ3n) is 2.22. The smallest absolute Gasteiger partial charge is 0.0530 e. The monoisotopic (exact) mass is 151 g/mol. The summed E-state index contributed by atoms with van der Waals surface area (Å²) in [5.74, 6) is 0. The van der Waals surface area contributed by atoms with Crippen molar-refractivity contribution in [2.45, 2.75) is 0 Å². The molecule has 11 heavy (non-hydrogen) atoms. The molecule has 0 aromatic carbocycles. The molecule has 3 heteroatoms. The Balaban J connectivity index is 2.12. The summed E-state index contributed by atoms with van der Waals surface area (Å²) in [6.45, 7) is 4.37. The second-order valence-corrected chi connectivity index (χ2v) is 3.14. The summed E-state index contributed by atoms with van der Waals surface area (Å²) < 4.78 is 0. The molecule has 0 unspecified atom stereocenters. The van der Waals surface area contributed by atoms with Crippen molar-refractivity contribution in [1.82, 2.24) is 9.80 Å². The maximum absolute atomic E-state index is 4.14. The van der Waals surface area contributed by atoms with Crippen LogP contribution < -0.4 is 0 Å². The number of aliphatic imine (C=N–C) groups is 1. The topological polar surface area (TPSA) is 18.8 Å². The van der Waals surface area contributed by atoms with E-state index in [1.807, 2.05) is 12.4 Å². The molecule has 0 aromatic rings. The van der Waals surface area contributed by atoms with Crippen LogP contribution in [0.2, 0.25) is 0 Å². The number of rotatable bonds is 0. The molecule has 0 aliphatic carbocycles. The number of hydrogen-bond acceptors (Lipinski definition) is 3. The van der Waals surface area contributed by atoms with Crippen LogP contribution in [0.1, 0.15) is 0 Å². The summed E-state index contributed by atoms with van der Waals surface area (Å²) in [4.78, 5) is 8.85. The molecule has 0 radical (unpaired) electrons. The zero-order valence-corrected chi connectivity index (χ0v) is 6.82. The fourth-order valence-electron chi connectivity index (χ4n) is 1.51. The highest BCUT2D eigenvalue weighted by Crippen LogP contribution is 2.13. The molecule has 2 aliphatic heterocycles. The number of piperazine rings is 1. The minimum absolute atomic E-state index is 1.000. The normalized spacial score (nSPS) is 24.8. The second-order valence-electron chi connectivity index (χ2n) is 3.14. The van der Waals surface area contributed by atoms with Crippen LogP contribution in [0.4, 0.5) is 0 Å². The van der Waals surface area contributed by atoms with E-state index in [0.717, 1.165) is 19.6 Å². The van der Waals surface area contributed by atoms with Crippen molar-refractivity contribution in [2.24, 2.45) is 4.99 Å². The maximum Gasteiger partial charge on any atom is 0.0530 e. The van der Waals surface area contributed by atoms with E-state index in [-0.39, 0.29) is 0 Å². The highest BCUT2D eigenvalue weighted by atomic mass is 15.3. The van der Waals surface area contributed by atoms with Crippen molar-refractivity contribution >= 4 is 6.21 Å². The Hall–Kier alpha value is -0.830. The number of likely N-dealkylation sites (N-methyl/N-ethyl adjacent to an activating group) is 1. The van der Waals surface area contributed by atoms with Crippen LogP contribution >= 0.6 is 0 Å². The van der Waals surface area contributed by atoms with Crippen LogP contribution in [0.5, 0.6) is 0 Å². The first kappa shape index (κ1) is 6.85. The first-order chi connectivity index (χ1) is 5.36. The van der Waals surface area contributed by atoms with Gasteiger partial charge in [-0.1, -0.05) is 0 Å². The lowest BCUT2D eigenvalue weighted by molar-refractivity contribution is 0.218. The molecule has 0 amide bonds. The number of nitrogens with zero attached hydrogens (tertiary/aromatic N) is 3. The van der Waals surface area contributed by atoms with Gasteiger partial charge in [0, 0.05) is 37.7 Å². The molecule has 60 valence electrons. The van der Waals surface area contributed by atoms with E-state index in [1.54, 1.807) is 0 Å². The van der Waals surface area contributed by atoms with Gasteiger partial charge in [-0.05, 0) is 7.05 Å². The van der Waals surface area contributed by atoms with Crippen molar-refractivity contribution in [3.63, 3.8) is 0 Å². The molecule has 0 bridgehead atoms. The minimum Gasteiger partial charge on any atom is -0.366 e. The highest BCUT2D eigenvalue weighted by molar-refractivity contribution is 5.62. The highest BCUT2D eigenvalue weighted by Gasteiger charge is 2.18. The van der Waals surface area contributed by atoms with Crippen molar-refractivity contribution in [3.05, 3.63) is 11.9 Å². The molecule has 3 nitrogen and oxygen atoms in total. The van der Waals surface area contributed by atoms with E-state index >= 15 is 0 Å². The Kier molecular flexibility index (Phi) is 1.66. The lowest BCUT2D eigenvalue weighted by Gasteiger charge is -2.36. The van der Waals surface area contributed by atoms with E-state index in [9.17, 15) is 0 Å². The lowest BCUT2D eigenvalue weighted by Crippen LogP contribution is -2.44. The van der Waals surface area contributed by atoms with Crippen LogP contribution in [0, 0.1) is 0 Å². The van der Waals surface area contributed by atoms with Gasteiger partial charge in [-0.2, -0.15) is 0 Å². The van der Waals surface area contributed by atoms with Gasteiger partial charge in [0.15, 0.2) is 0 Å². The Bertz CT molecular complexity index is 207. The van der Waals surface area contributed by atoms with Gasteiger partial charge in [0.25, 0.3) is 0 Å². The third kappa shape index (κ3) is 1.28. The molecule has 1 saturated heterocycles. The summed E-state index contributed by atoms with van der Waals surface area (Å²) >= 11 is 0. The van der Waals surface area contributed by atoms with Gasteiger partial charge in [-0.3, -0.25) is 9.89 Å². The van der Waals surface area contributed by atoms with E-state index in [2.05, 4.69) is 21.8 Å². The largest absolute Gasteiger partial charge is 0.366 e. The fourth-order valence-corrected chi connectivity index (χ4v) is 1.51. The third-order valence-corrected chi connectivity index (χ3v) is 2.22. The van der Waals surface area contributed by atoms with Crippen molar-refractivity contribution in [3.8, 4) is 0 Å². The standard InChI is InChI=1S/C8H13N3/c1-10-4-5-11-3-2-9-6-8(11)7-10/h2,6H,3-5,7H2,1H3. The Morgan fingerprint density at radius 2 is 2.36 bits per heavy atom. The SMILES string of the molecule is CN1CCN2CC=NC=C2C1. The van der Waals surface area contributed by atoms with Gasteiger partial charge in [0.05, 0.1) is 6.54 Å². The predicted molar refractivity (Wildman–Crippen MR) is 45.6 cm³/mol. The van der Waals surface area contributed by atoms with E-state index in [4.69, 9.17) is 0 Å². The molecule has 0 aromatic heterocycles. The summed E-state index contributed by atoms with van der Waals surface area (Å²) in [6, 6.07) is 0. The summed E-state index contributed by atoms with van der Waals surface area (Å²) in [6.07, 6.45) is 3.94. The molecule has 2 rings (SSSR count). The molecule has 0 N–H and O–H groups in total. The predicted octanol–water partition coefficient (Wildman–Crippen LogP) is 0.160. The van der Waals surface area contributed by atoms with Gasteiger partial charge in [-0.25, -0.2) is 0 Å². The fraction of sp³-hybridized carbons (Fsp3) is 0.625. The first-order valence-electron chi connectivity index (χ1n) is 4.00. The Labute approximate surface area is 67.0 Å². The Morgan fingerprint density at radius 3 is 3.27 bits per heavy atom. The molecular weight excluding hydrogens is 138 g/mol. The zero-order chi connectivity index (χ0) is 7.68. The Morgan fingerprint density at radius 1 is 1.45 bits per heavy atom. The number of hydrogen-bond donors (Lipinski definition) is 0.